The van der Waals surface area contributed by atoms with E-state index in [0.717, 1.165) is 17.2 Å². The summed E-state index contributed by atoms with van der Waals surface area (Å²) in [4.78, 5) is 35.4. The summed E-state index contributed by atoms with van der Waals surface area (Å²) in [6, 6.07) is 8.73. The molecule has 1 aromatic heterocycles. The Morgan fingerprint density at radius 1 is 1.17 bits per heavy atom. The van der Waals surface area contributed by atoms with Crippen LogP contribution in [0.2, 0.25) is 0 Å². The van der Waals surface area contributed by atoms with Gasteiger partial charge in [0.1, 0.15) is 0 Å². The second-order valence-electron chi connectivity index (χ2n) is 5.88. The Labute approximate surface area is 133 Å². The first-order valence-corrected chi connectivity index (χ1v) is 7.50. The lowest BCUT2D eigenvalue weighted by Crippen LogP contribution is -2.26. The molecule has 0 bridgehead atoms. The highest BCUT2D eigenvalue weighted by Crippen LogP contribution is 2.13. The van der Waals surface area contributed by atoms with Crippen LogP contribution in [0.25, 0.3) is 5.69 Å². The summed E-state index contributed by atoms with van der Waals surface area (Å²) in [6.45, 7) is 5.97. The fourth-order valence-electron chi connectivity index (χ4n) is 2.35. The van der Waals surface area contributed by atoms with Crippen molar-refractivity contribution in [1.29, 1.82) is 0 Å². The molecule has 1 atom stereocenters. The van der Waals surface area contributed by atoms with E-state index >= 15 is 0 Å². The standard InChI is InChI=1S/C17H20N2O4/c1-11(2)9-12(3)23-17(22)13-5-4-6-14(10-13)19-16(21)8-7-15(20)18-19/h4-8,10-12H,9H2,1-3H3,(H,18,20). The van der Waals surface area contributed by atoms with Gasteiger partial charge in [-0.05, 0) is 37.5 Å². The summed E-state index contributed by atoms with van der Waals surface area (Å²) in [7, 11) is 0. The number of carbonyl (C=O) groups excluding carboxylic acids is 1. The molecule has 0 fully saturated rings. The van der Waals surface area contributed by atoms with E-state index in [0.29, 0.717) is 17.2 Å². The maximum absolute atomic E-state index is 12.2. The Bertz CT molecular complexity index is 804. The maximum Gasteiger partial charge on any atom is 0.338 e. The normalized spacial score (nSPS) is 12.2. The lowest BCUT2D eigenvalue weighted by atomic mass is 10.1. The van der Waals surface area contributed by atoms with Crippen LogP contribution in [0.5, 0.6) is 0 Å². The van der Waals surface area contributed by atoms with Gasteiger partial charge in [0.15, 0.2) is 0 Å². The predicted octanol–water partition coefficient (Wildman–Crippen LogP) is 2.12. The summed E-state index contributed by atoms with van der Waals surface area (Å²) in [5, 5.41) is 2.42. The highest BCUT2D eigenvalue weighted by Gasteiger charge is 2.14. The molecule has 0 aliphatic rings. The molecule has 0 amide bonds. The molecule has 2 aromatic rings. The van der Waals surface area contributed by atoms with Crippen LogP contribution in [0, 0.1) is 5.92 Å². The second-order valence-corrected chi connectivity index (χ2v) is 5.88. The van der Waals surface area contributed by atoms with E-state index in [1.807, 2.05) is 6.92 Å². The Morgan fingerprint density at radius 3 is 2.61 bits per heavy atom. The van der Waals surface area contributed by atoms with Gasteiger partial charge in [0.2, 0.25) is 0 Å². The van der Waals surface area contributed by atoms with E-state index < -0.39 is 11.5 Å². The van der Waals surface area contributed by atoms with Crippen molar-refractivity contribution in [2.24, 2.45) is 5.92 Å². The largest absolute Gasteiger partial charge is 0.459 e. The van der Waals surface area contributed by atoms with Crippen LogP contribution in [0.1, 0.15) is 37.6 Å². The topological polar surface area (TPSA) is 81.2 Å². The Morgan fingerprint density at radius 2 is 1.91 bits per heavy atom. The summed E-state index contributed by atoms with van der Waals surface area (Å²) in [5.74, 6) is -0.0246. The minimum absolute atomic E-state index is 0.189. The van der Waals surface area contributed by atoms with Crippen LogP contribution < -0.4 is 11.1 Å². The maximum atomic E-state index is 12.2. The molecule has 6 nitrogen and oxygen atoms in total. The van der Waals surface area contributed by atoms with Crippen molar-refractivity contribution >= 4 is 5.97 Å². The van der Waals surface area contributed by atoms with E-state index in [-0.39, 0.29) is 11.7 Å². The number of carbonyl (C=O) groups is 1. The zero-order valence-corrected chi connectivity index (χ0v) is 13.4. The number of hydrogen-bond acceptors (Lipinski definition) is 4. The lowest BCUT2D eigenvalue weighted by molar-refractivity contribution is 0.0299. The third kappa shape index (κ3) is 4.42. The number of hydrogen-bond donors (Lipinski definition) is 1. The fourth-order valence-corrected chi connectivity index (χ4v) is 2.35. The number of rotatable bonds is 5. The highest BCUT2D eigenvalue weighted by molar-refractivity contribution is 5.90. The van der Waals surface area contributed by atoms with Crippen LogP contribution in [-0.2, 0) is 4.74 Å². The molecule has 0 radical (unpaired) electrons. The first-order valence-electron chi connectivity index (χ1n) is 7.50. The average molecular weight is 316 g/mol. The van der Waals surface area contributed by atoms with Crippen LogP contribution in [-0.4, -0.2) is 21.9 Å². The molecule has 23 heavy (non-hydrogen) atoms. The summed E-state index contributed by atoms with van der Waals surface area (Å²) >= 11 is 0. The molecule has 2 rings (SSSR count). The first-order chi connectivity index (χ1) is 10.9. The van der Waals surface area contributed by atoms with Crippen molar-refractivity contribution in [3.8, 4) is 5.69 Å². The van der Waals surface area contributed by atoms with Crippen LogP contribution in [0.3, 0.4) is 0 Å². The number of nitrogens with one attached hydrogen (secondary N) is 1. The zero-order chi connectivity index (χ0) is 17.0. The molecule has 1 N–H and O–H groups in total. The quantitative estimate of drug-likeness (QED) is 0.857. The summed E-state index contributed by atoms with van der Waals surface area (Å²) < 4.78 is 6.49. The Balaban J connectivity index is 2.26. The van der Waals surface area contributed by atoms with Crippen LogP contribution >= 0.6 is 0 Å². The van der Waals surface area contributed by atoms with Crippen molar-refractivity contribution < 1.29 is 9.53 Å². The summed E-state index contributed by atoms with van der Waals surface area (Å²) in [5.41, 5.74) is -0.0557. The molecular formula is C17H20N2O4. The van der Waals surface area contributed by atoms with Gasteiger partial charge in [0.05, 0.1) is 17.4 Å². The fraction of sp³-hybridized carbons (Fsp3) is 0.353. The molecule has 6 heteroatoms. The number of nitrogens with zero attached hydrogens (tertiary/aromatic N) is 1. The number of H-pyrrole nitrogens is 1. The van der Waals surface area contributed by atoms with Crippen LogP contribution in [0.4, 0.5) is 0 Å². The molecule has 1 aromatic carbocycles. The van der Waals surface area contributed by atoms with E-state index in [9.17, 15) is 14.4 Å². The molecule has 0 saturated heterocycles. The highest BCUT2D eigenvalue weighted by atomic mass is 16.5. The Kier molecular flexibility index (Phi) is 5.16. The zero-order valence-electron chi connectivity index (χ0n) is 13.4. The molecule has 1 unspecified atom stereocenters. The van der Waals surface area contributed by atoms with Gasteiger partial charge in [0, 0.05) is 12.1 Å². The van der Waals surface area contributed by atoms with Crippen molar-refractivity contribution in [1.82, 2.24) is 9.78 Å². The van der Waals surface area contributed by atoms with Crippen molar-refractivity contribution in [2.45, 2.75) is 33.3 Å². The monoisotopic (exact) mass is 316 g/mol. The molecule has 0 spiro atoms. The van der Waals surface area contributed by atoms with Gasteiger partial charge < -0.3 is 4.74 Å². The second kappa shape index (κ2) is 7.09. The van der Waals surface area contributed by atoms with E-state index in [4.69, 9.17) is 4.74 Å². The number of aromatic amines is 1. The molecule has 0 aliphatic heterocycles. The van der Waals surface area contributed by atoms with Gasteiger partial charge in [-0.2, -0.15) is 0 Å². The van der Waals surface area contributed by atoms with Gasteiger partial charge in [0.25, 0.3) is 11.1 Å². The van der Waals surface area contributed by atoms with Crippen molar-refractivity contribution in [3.63, 3.8) is 0 Å². The van der Waals surface area contributed by atoms with E-state index in [1.54, 1.807) is 18.2 Å². The van der Waals surface area contributed by atoms with E-state index in [2.05, 4.69) is 18.9 Å². The molecular weight excluding hydrogens is 296 g/mol. The lowest BCUT2D eigenvalue weighted by Gasteiger charge is -2.15. The number of ether oxygens (including phenoxy) is 1. The third-order valence-electron chi connectivity index (χ3n) is 3.27. The Hall–Kier alpha value is -2.63. The van der Waals surface area contributed by atoms with Crippen molar-refractivity contribution in [2.75, 3.05) is 0 Å². The smallest absolute Gasteiger partial charge is 0.338 e. The van der Waals surface area contributed by atoms with Gasteiger partial charge in [-0.3, -0.25) is 14.7 Å². The molecule has 0 saturated carbocycles. The molecule has 0 aliphatic carbocycles. The van der Waals surface area contributed by atoms with Gasteiger partial charge in [-0.1, -0.05) is 19.9 Å². The molecule has 122 valence electrons. The molecule has 1 heterocycles. The van der Waals surface area contributed by atoms with Gasteiger partial charge >= 0.3 is 5.97 Å². The average Bonchev–Trinajstić information content (AvgIpc) is 2.49. The van der Waals surface area contributed by atoms with Crippen LogP contribution in [0.15, 0.2) is 46.0 Å². The van der Waals surface area contributed by atoms with Crippen molar-refractivity contribution in [3.05, 3.63) is 62.7 Å². The first kappa shape index (κ1) is 16.7. The number of esters is 1. The van der Waals surface area contributed by atoms with Gasteiger partial charge in [-0.15, -0.1) is 0 Å². The summed E-state index contributed by atoms with van der Waals surface area (Å²) in [6.07, 6.45) is 0.585. The minimum Gasteiger partial charge on any atom is -0.459 e. The number of benzene rings is 1. The van der Waals surface area contributed by atoms with Gasteiger partial charge in [-0.25, -0.2) is 9.48 Å². The minimum atomic E-state index is -0.452. The third-order valence-corrected chi connectivity index (χ3v) is 3.27. The predicted molar refractivity (Wildman–Crippen MR) is 87.0 cm³/mol. The SMILES string of the molecule is CC(C)CC(C)OC(=O)c1cccc(-n2[nH]c(=O)ccc2=O)c1. The number of aromatic nitrogens is 2. The van der Waals surface area contributed by atoms with E-state index in [1.165, 1.54) is 12.1 Å².